The molecule has 0 atom stereocenters. The number of rotatable bonds is 11. The maximum atomic E-state index is 14.4. The molecular formula is C31H34F2N6O6S. The average molecular weight is 657 g/mol. The van der Waals surface area contributed by atoms with Crippen LogP contribution in [0.5, 0.6) is 17.5 Å². The molecule has 0 saturated carbocycles. The minimum Gasteiger partial charge on any atom is -0.481 e. The standard InChI is InChI=1S/C31H34F2N6O6S/c1-4-5-14-39(31(41)35-27-17-24(29(34)40)25(32)18-26(27)33)22-12-15-38(16-13-22)19-20-6-11-28(36-30(20)44-2)45-23-9-7-21(8-10-23)37-46(3,42)43/h6-11,17-18,22,37H,12-16,19H2,1-3H3,(H2,34,40)(H,35,41). The fourth-order valence-electron chi connectivity index (χ4n) is 4.91. The highest BCUT2D eigenvalue weighted by Gasteiger charge is 2.29. The smallest absolute Gasteiger partial charge is 0.322 e. The number of halogens is 2. The van der Waals surface area contributed by atoms with Crippen LogP contribution in [0.4, 0.5) is 25.0 Å². The van der Waals surface area contributed by atoms with Crippen LogP contribution in [-0.4, -0.2) is 74.2 Å². The Labute approximate surface area is 265 Å². The molecule has 0 radical (unpaired) electrons. The lowest BCUT2D eigenvalue weighted by molar-refractivity contribution is 0.0996. The van der Waals surface area contributed by atoms with Crippen LogP contribution in [0, 0.1) is 23.5 Å². The summed E-state index contributed by atoms with van der Waals surface area (Å²) in [5, 5.41) is 2.43. The van der Waals surface area contributed by atoms with Crippen molar-refractivity contribution in [2.75, 3.05) is 43.0 Å². The number of aromatic nitrogens is 1. The normalized spacial score (nSPS) is 13.7. The van der Waals surface area contributed by atoms with Gasteiger partial charge in [0.15, 0.2) is 0 Å². The van der Waals surface area contributed by atoms with Gasteiger partial charge in [0, 0.05) is 49.1 Å². The van der Waals surface area contributed by atoms with Crippen molar-refractivity contribution in [1.82, 2.24) is 14.8 Å². The Hall–Kier alpha value is -4.94. The Morgan fingerprint density at radius 2 is 1.80 bits per heavy atom. The van der Waals surface area contributed by atoms with Gasteiger partial charge in [-0.25, -0.2) is 22.0 Å². The number of amides is 3. The quantitative estimate of drug-likeness (QED) is 0.260. The first-order valence-electron chi connectivity index (χ1n) is 14.1. The zero-order chi connectivity index (χ0) is 33.4. The van der Waals surface area contributed by atoms with Gasteiger partial charge in [-0.15, -0.1) is 5.92 Å². The molecule has 0 aliphatic carbocycles. The topological polar surface area (TPSA) is 156 Å². The van der Waals surface area contributed by atoms with Crippen molar-refractivity contribution in [3.05, 3.63) is 71.3 Å². The molecule has 15 heteroatoms. The third-order valence-electron chi connectivity index (χ3n) is 7.13. The molecule has 1 saturated heterocycles. The van der Waals surface area contributed by atoms with Gasteiger partial charge >= 0.3 is 6.03 Å². The molecule has 0 unspecified atom stereocenters. The summed E-state index contributed by atoms with van der Waals surface area (Å²) in [5.41, 5.74) is 5.50. The highest BCUT2D eigenvalue weighted by Crippen LogP contribution is 2.28. The molecule has 1 aromatic heterocycles. The van der Waals surface area contributed by atoms with Crippen LogP contribution < -0.4 is 25.2 Å². The summed E-state index contributed by atoms with van der Waals surface area (Å²) in [4.78, 5) is 32.9. The Balaban J connectivity index is 1.38. The Morgan fingerprint density at radius 3 is 2.41 bits per heavy atom. The number of anilines is 2. The van der Waals surface area contributed by atoms with Gasteiger partial charge in [0.2, 0.25) is 21.8 Å². The number of carbonyl (C=O) groups is 2. The number of ether oxygens (including phenoxy) is 2. The van der Waals surface area contributed by atoms with Gasteiger partial charge in [-0.3, -0.25) is 14.4 Å². The van der Waals surface area contributed by atoms with Crippen molar-refractivity contribution in [3.8, 4) is 29.4 Å². The van der Waals surface area contributed by atoms with Gasteiger partial charge in [0.1, 0.15) is 17.4 Å². The molecule has 46 heavy (non-hydrogen) atoms. The maximum absolute atomic E-state index is 14.4. The summed E-state index contributed by atoms with van der Waals surface area (Å²) < 4.78 is 64.9. The van der Waals surface area contributed by atoms with E-state index in [1.165, 1.54) is 12.0 Å². The van der Waals surface area contributed by atoms with Crippen LogP contribution in [0.3, 0.4) is 0 Å². The average Bonchev–Trinajstić information content (AvgIpc) is 3.00. The lowest BCUT2D eigenvalue weighted by Gasteiger charge is -2.37. The number of urea groups is 1. The van der Waals surface area contributed by atoms with E-state index in [0.717, 1.165) is 17.9 Å². The molecule has 0 spiro atoms. The number of pyridine rings is 1. The second-order valence-electron chi connectivity index (χ2n) is 10.5. The summed E-state index contributed by atoms with van der Waals surface area (Å²) in [6.45, 7) is 3.51. The zero-order valence-electron chi connectivity index (χ0n) is 25.5. The number of piperidine rings is 1. The van der Waals surface area contributed by atoms with E-state index < -0.39 is 39.2 Å². The molecular weight excluding hydrogens is 622 g/mol. The van der Waals surface area contributed by atoms with Gasteiger partial charge in [0.25, 0.3) is 5.91 Å². The van der Waals surface area contributed by atoms with Crippen LogP contribution in [0.1, 0.15) is 35.7 Å². The first kappa shape index (κ1) is 33.9. The number of methoxy groups -OCH3 is 1. The van der Waals surface area contributed by atoms with Crippen LogP contribution in [0.2, 0.25) is 0 Å². The fourth-order valence-corrected chi connectivity index (χ4v) is 5.48. The van der Waals surface area contributed by atoms with E-state index in [1.807, 2.05) is 6.07 Å². The molecule has 12 nitrogen and oxygen atoms in total. The van der Waals surface area contributed by atoms with Crippen molar-refractivity contribution < 1.29 is 36.3 Å². The number of sulfonamides is 1. The number of carbonyl (C=O) groups excluding carboxylic acids is 2. The molecule has 1 fully saturated rings. The molecule has 3 aromatic rings. The zero-order valence-corrected chi connectivity index (χ0v) is 26.3. The van der Waals surface area contributed by atoms with E-state index in [4.69, 9.17) is 15.2 Å². The number of hydrogen-bond donors (Lipinski definition) is 3. The van der Waals surface area contributed by atoms with Crippen molar-refractivity contribution in [1.29, 1.82) is 0 Å². The largest absolute Gasteiger partial charge is 0.481 e. The first-order chi connectivity index (χ1) is 21.9. The molecule has 0 bridgehead atoms. The first-order valence-corrected chi connectivity index (χ1v) is 16.0. The lowest BCUT2D eigenvalue weighted by Crippen LogP contribution is -2.49. The number of nitrogens with one attached hydrogen (secondary N) is 2. The van der Waals surface area contributed by atoms with Crippen LogP contribution in [0.15, 0.2) is 48.5 Å². The Morgan fingerprint density at radius 1 is 1.11 bits per heavy atom. The van der Waals surface area contributed by atoms with Crippen molar-refractivity contribution >= 4 is 33.3 Å². The number of benzene rings is 2. The van der Waals surface area contributed by atoms with Gasteiger partial charge in [-0.1, -0.05) is 5.92 Å². The van der Waals surface area contributed by atoms with Crippen LogP contribution in [0.25, 0.3) is 0 Å². The predicted octanol–water partition coefficient (Wildman–Crippen LogP) is 4.15. The third kappa shape index (κ3) is 9.05. The minimum atomic E-state index is -3.39. The maximum Gasteiger partial charge on any atom is 0.322 e. The summed E-state index contributed by atoms with van der Waals surface area (Å²) in [7, 11) is -1.88. The SMILES string of the molecule is CC#CCN(C(=O)Nc1cc(C(N)=O)c(F)cc1F)C1CCN(Cc2ccc(Oc3ccc(NS(C)(=O)=O)cc3)nc2OC)CC1. The number of likely N-dealkylation sites (tertiary alicyclic amines) is 1. The molecule has 4 N–H and O–H groups in total. The second kappa shape index (κ2) is 14.9. The molecule has 244 valence electrons. The van der Waals surface area contributed by atoms with E-state index in [1.54, 1.807) is 37.3 Å². The van der Waals surface area contributed by atoms with E-state index in [-0.39, 0.29) is 18.3 Å². The fraction of sp³-hybridized carbons (Fsp3) is 0.323. The predicted molar refractivity (Wildman–Crippen MR) is 168 cm³/mol. The highest BCUT2D eigenvalue weighted by atomic mass is 32.2. The molecule has 2 aromatic carbocycles. The number of nitrogens with zero attached hydrogens (tertiary/aromatic N) is 3. The third-order valence-corrected chi connectivity index (χ3v) is 7.74. The number of hydrogen-bond acceptors (Lipinski definition) is 8. The number of nitrogens with two attached hydrogens (primary N) is 1. The summed E-state index contributed by atoms with van der Waals surface area (Å²) in [5.74, 6) is 3.53. The van der Waals surface area contributed by atoms with Crippen LogP contribution >= 0.6 is 0 Å². The van der Waals surface area contributed by atoms with Crippen molar-refractivity contribution in [3.63, 3.8) is 0 Å². The summed E-state index contributed by atoms with van der Waals surface area (Å²) >= 11 is 0. The van der Waals surface area contributed by atoms with Crippen molar-refractivity contribution in [2.45, 2.75) is 32.4 Å². The van der Waals surface area contributed by atoms with Gasteiger partial charge in [0.05, 0.1) is 31.2 Å². The molecule has 1 aliphatic heterocycles. The van der Waals surface area contributed by atoms with Gasteiger partial charge in [-0.2, -0.15) is 4.98 Å². The Kier molecular flexibility index (Phi) is 11.0. The lowest BCUT2D eigenvalue weighted by atomic mass is 10.0. The summed E-state index contributed by atoms with van der Waals surface area (Å²) in [6.07, 6.45) is 2.26. The highest BCUT2D eigenvalue weighted by molar-refractivity contribution is 7.92. The van der Waals surface area contributed by atoms with Crippen LogP contribution in [-0.2, 0) is 16.6 Å². The number of primary amides is 1. The van der Waals surface area contributed by atoms with Gasteiger partial charge in [-0.05, 0) is 56.2 Å². The molecule has 4 rings (SSSR count). The second-order valence-corrected chi connectivity index (χ2v) is 12.2. The van der Waals surface area contributed by atoms with E-state index in [2.05, 4.69) is 31.8 Å². The summed E-state index contributed by atoms with van der Waals surface area (Å²) in [6, 6.07) is 10.5. The van der Waals surface area contributed by atoms with Gasteiger partial charge < -0.3 is 25.4 Å². The Bertz CT molecular complexity index is 1750. The molecule has 1 aliphatic rings. The van der Waals surface area contributed by atoms with E-state index in [0.29, 0.717) is 61.7 Å². The monoisotopic (exact) mass is 656 g/mol. The minimum absolute atomic E-state index is 0.0919. The van der Waals surface area contributed by atoms with E-state index in [9.17, 15) is 26.8 Å². The molecule has 3 amide bonds. The van der Waals surface area contributed by atoms with E-state index >= 15 is 0 Å². The molecule has 2 heterocycles. The van der Waals surface area contributed by atoms with Crippen molar-refractivity contribution in [2.24, 2.45) is 5.73 Å².